The van der Waals surface area contributed by atoms with Gasteiger partial charge in [0, 0.05) is 29.6 Å². The molecule has 0 bridgehead atoms. The number of rotatable bonds is 4. The van der Waals surface area contributed by atoms with Crippen molar-refractivity contribution in [3.63, 3.8) is 0 Å². The van der Waals surface area contributed by atoms with Crippen LogP contribution in [0.3, 0.4) is 0 Å². The Kier molecular flexibility index (Phi) is 4.24. The summed E-state index contributed by atoms with van der Waals surface area (Å²) in [6.45, 7) is 1.97. The van der Waals surface area contributed by atoms with Crippen LogP contribution < -0.4 is 5.56 Å². The number of carbonyl (C=O) groups excluding carboxylic acids is 1. The van der Waals surface area contributed by atoms with Crippen molar-refractivity contribution in [2.75, 3.05) is 0 Å². The zero-order chi connectivity index (χ0) is 20.8. The summed E-state index contributed by atoms with van der Waals surface area (Å²) in [7, 11) is 1.62. The minimum atomic E-state index is -0.154. The smallest absolute Gasteiger partial charge is 0.274 e. The summed E-state index contributed by atoms with van der Waals surface area (Å²) in [5.41, 5.74) is 4.10. The van der Waals surface area contributed by atoms with Crippen molar-refractivity contribution in [3.8, 4) is 0 Å². The first-order chi connectivity index (χ1) is 14.5. The molecule has 30 heavy (non-hydrogen) atoms. The topological polar surface area (TPSA) is 65.1 Å². The predicted octanol–water partition coefficient (Wildman–Crippen LogP) is 4.50. The van der Waals surface area contributed by atoms with E-state index in [1.165, 1.54) is 4.68 Å². The average Bonchev–Trinajstić information content (AvgIpc) is 3.10. The Hall–Kier alpha value is -3.73. The van der Waals surface area contributed by atoms with Crippen LogP contribution in [0.2, 0.25) is 0 Å². The molecule has 5 rings (SSSR count). The molecule has 0 saturated heterocycles. The molecular formula is C25H20N2O3. The van der Waals surface area contributed by atoms with Crippen molar-refractivity contribution in [3.05, 3.63) is 87.8 Å². The Morgan fingerprint density at radius 3 is 2.57 bits per heavy atom. The second kappa shape index (κ2) is 6.95. The maximum atomic E-state index is 12.9. The molecule has 0 amide bonds. The molecular weight excluding hydrogens is 376 g/mol. The second-order valence-corrected chi connectivity index (χ2v) is 7.75. The zero-order valence-electron chi connectivity index (χ0n) is 16.8. The molecule has 148 valence electrons. The number of hydrogen-bond acceptors (Lipinski definition) is 4. The van der Waals surface area contributed by atoms with Gasteiger partial charge >= 0.3 is 0 Å². The van der Waals surface area contributed by atoms with Gasteiger partial charge in [-0.15, -0.1) is 0 Å². The maximum absolute atomic E-state index is 12.9. The molecule has 0 N–H and O–H groups in total. The van der Waals surface area contributed by atoms with E-state index < -0.39 is 0 Å². The maximum Gasteiger partial charge on any atom is 0.274 e. The lowest BCUT2D eigenvalue weighted by molar-refractivity contribution is -0.117. The Bertz CT molecular complexity index is 1510. The van der Waals surface area contributed by atoms with Gasteiger partial charge in [0.15, 0.2) is 0 Å². The molecule has 3 aromatic carbocycles. The zero-order valence-corrected chi connectivity index (χ0v) is 16.8. The van der Waals surface area contributed by atoms with Gasteiger partial charge in [0.25, 0.3) is 5.56 Å². The fourth-order valence-electron chi connectivity index (χ4n) is 4.03. The van der Waals surface area contributed by atoms with Gasteiger partial charge in [-0.3, -0.25) is 9.59 Å². The Morgan fingerprint density at radius 2 is 1.70 bits per heavy atom. The highest BCUT2D eigenvalue weighted by Crippen LogP contribution is 2.29. The molecule has 0 atom stereocenters. The summed E-state index contributed by atoms with van der Waals surface area (Å²) in [6.07, 6.45) is 0.478. The second-order valence-electron chi connectivity index (χ2n) is 7.75. The van der Waals surface area contributed by atoms with Crippen LogP contribution in [-0.2, 0) is 24.7 Å². The monoisotopic (exact) mass is 396 g/mol. The number of furan rings is 1. The van der Waals surface area contributed by atoms with Gasteiger partial charge in [-0.05, 0) is 42.8 Å². The number of ketones is 1. The summed E-state index contributed by atoms with van der Waals surface area (Å²) in [5.74, 6) is 0.0519. The molecule has 5 nitrogen and oxygen atoms in total. The largest absolute Gasteiger partial charge is 0.456 e. The number of fused-ring (bicyclic) bond motifs is 4. The minimum Gasteiger partial charge on any atom is -0.456 e. The predicted molar refractivity (Wildman–Crippen MR) is 118 cm³/mol. The number of benzene rings is 3. The Morgan fingerprint density at radius 1 is 0.900 bits per heavy atom. The molecule has 0 aliphatic heterocycles. The van der Waals surface area contributed by atoms with Crippen LogP contribution >= 0.6 is 0 Å². The van der Waals surface area contributed by atoms with Gasteiger partial charge in [0.2, 0.25) is 0 Å². The van der Waals surface area contributed by atoms with Crippen molar-refractivity contribution in [2.24, 2.45) is 7.05 Å². The van der Waals surface area contributed by atoms with Crippen molar-refractivity contribution in [1.29, 1.82) is 0 Å². The van der Waals surface area contributed by atoms with E-state index in [4.69, 9.17) is 4.42 Å². The van der Waals surface area contributed by atoms with Gasteiger partial charge < -0.3 is 4.42 Å². The third-order valence-electron chi connectivity index (χ3n) is 5.49. The summed E-state index contributed by atoms with van der Waals surface area (Å²) in [4.78, 5) is 25.3. The average molecular weight is 396 g/mol. The van der Waals surface area contributed by atoms with E-state index in [1.54, 1.807) is 13.1 Å². The van der Waals surface area contributed by atoms with E-state index in [1.807, 2.05) is 61.5 Å². The van der Waals surface area contributed by atoms with Crippen LogP contribution in [0.25, 0.3) is 32.7 Å². The molecule has 0 saturated carbocycles. The number of Topliss-reactive ketones (excluding diaryl/α,β-unsaturated/α-hetero) is 1. The highest BCUT2D eigenvalue weighted by Gasteiger charge is 2.14. The van der Waals surface area contributed by atoms with Crippen molar-refractivity contribution in [1.82, 2.24) is 9.78 Å². The Labute approximate surface area is 172 Å². The van der Waals surface area contributed by atoms with Crippen LogP contribution in [0.1, 0.15) is 16.8 Å². The lowest BCUT2D eigenvalue weighted by Gasteiger charge is -2.09. The summed E-state index contributed by atoms with van der Waals surface area (Å²) in [6, 6.07) is 19.4. The van der Waals surface area contributed by atoms with Crippen LogP contribution in [0.15, 0.2) is 69.9 Å². The third-order valence-corrected chi connectivity index (χ3v) is 5.49. The standard InChI is InChI=1S/C25H20N2O3/c1-15-7-9-19-20(11-15)22(26-27(2)25(19)29)14-17(28)12-16-8-10-24-21(13-16)18-5-3-4-6-23(18)30-24/h3-11,13H,12,14H2,1-2H3. The minimum absolute atomic E-state index is 0.0519. The normalized spacial score (nSPS) is 11.5. The molecule has 0 aliphatic rings. The fraction of sp³-hybridized carbons (Fsp3) is 0.160. The number of hydrogen-bond donors (Lipinski definition) is 0. The lowest BCUT2D eigenvalue weighted by Crippen LogP contribution is -2.22. The summed E-state index contributed by atoms with van der Waals surface area (Å²) < 4.78 is 7.17. The van der Waals surface area contributed by atoms with Crippen LogP contribution in [0.5, 0.6) is 0 Å². The molecule has 2 heterocycles. The summed E-state index contributed by atoms with van der Waals surface area (Å²) >= 11 is 0. The van der Waals surface area contributed by atoms with E-state index >= 15 is 0 Å². The van der Waals surface area contributed by atoms with Crippen molar-refractivity contribution < 1.29 is 9.21 Å². The number of carbonyl (C=O) groups is 1. The molecule has 0 radical (unpaired) electrons. The van der Waals surface area contributed by atoms with Gasteiger partial charge in [-0.2, -0.15) is 5.10 Å². The molecule has 5 aromatic rings. The van der Waals surface area contributed by atoms with Gasteiger partial charge in [-0.25, -0.2) is 4.68 Å². The highest BCUT2D eigenvalue weighted by atomic mass is 16.3. The lowest BCUT2D eigenvalue weighted by atomic mass is 10.0. The van der Waals surface area contributed by atoms with Crippen molar-refractivity contribution >= 4 is 38.5 Å². The molecule has 2 aromatic heterocycles. The first-order valence-electron chi connectivity index (χ1n) is 9.88. The van der Waals surface area contributed by atoms with E-state index in [-0.39, 0.29) is 17.8 Å². The van der Waals surface area contributed by atoms with Gasteiger partial charge in [0.1, 0.15) is 16.9 Å². The molecule has 0 aliphatic carbocycles. The number of aryl methyl sites for hydroxylation is 2. The van der Waals surface area contributed by atoms with Crippen molar-refractivity contribution in [2.45, 2.75) is 19.8 Å². The molecule has 0 unspecified atom stereocenters. The number of para-hydroxylation sites is 1. The van der Waals surface area contributed by atoms with E-state index in [0.717, 1.165) is 38.5 Å². The molecule has 5 heteroatoms. The highest BCUT2D eigenvalue weighted by molar-refractivity contribution is 6.05. The Balaban J connectivity index is 1.48. The van der Waals surface area contributed by atoms with E-state index in [2.05, 4.69) is 5.10 Å². The summed E-state index contributed by atoms with van der Waals surface area (Å²) in [5, 5.41) is 7.77. The van der Waals surface area contributed by atoms with Crippen LogP contribution in [0.4, 0.5) is 0 Å². The van der Waals surface area contributed by atoms with Crippen LogP contribution in [-0.4, -0.2) is 15.6 Å². The molecule has 0 spiro atoms. The fourth-order valence-corrected chi connectivity index (χ4v) is 4.03. The number of nitrogens with zero attached hydrogens (tertiary/aromatic N) is 2. The first-order valence-corrected chi connectivity index (χ1v) is 9.88. The van der Waals surface area contributed by atoms with Gasteiger partial charge in [-0.1, -0.05) is 35.9 Å². The molecule has 0 fully saturated rings. The van der Waals surface area contributed by atoms with Gasteiger partial charge in [0.05, 0.1) is 17.5 Å². The quantitative estimate of drug-likeness (QED) is 0.449. The first kappa shape index (κ1) is 18.3. The number of aromatic nitrogens is 2. The SMILES string of the molecule is Cc1ccc2c(=O)n(C)nc(CC(=O)Cc3ccc4oc5ccccc5c4c3)c2c1. The third kappa shape index (κ3) is 3.08. The van der Waals surface area contributed by atoms with Crippen LogP contribution in [0, 0.1) is 6.92 Å². The van der Waals surface area contributed by atoms with E-state index in [0.29, 0.717) is 17.5 Å². The van der Waals surface area contributed by atoms with E-state index in [9.17, 15) is 9.59 Å².